The molecule has 80 valence electrons. The van der Waals surface area contributed by atoms with E-state index in [-0.39, 0.29) is 17.7 Å². The average Bonchev–Trinajstić information content (AvgIpc) is 2.00. The third-order valence-corrected chi connectivity index (χ3v) is 3.66. The molecule has 1 amide bonds. The Morgan fingerprint density at radius 3 is 2.86 bits per heavy atom. The van der Waals surface area contributed by atoms with Crippen molar-refractivity contribution in [1.29, 1.82) is 0 Å². The van der Waals surface area contributed by atoms with Crippen LogP contribution < -0.4 is 5.32 Å². The third-order valence-electron chi connectivity index (χ3n) is 3.66. The molecule has 2 rings (SSSR count). The van der Waals surface area contributed by atoms with E-state index in [9.17, 15) is 4.79 Å². The van der Waals surface area contributed by atoms with Gasteiger partial charge in [-0.25, -0.2) is 4.79 Å². The number of rotatable bonds is 0. The van der Waals surface area contributed by atoms with E-state index in [1.807, 2.05) is 0 Å². The van der Waals surface area contributed by atoms with Crippen LogP contribution >= 0.6 is 0 Å². The van der Waals surface area contributed by atoms with Crippen molar-refractivity contribution >= 4 is 6.09 Å². The highest BCUT2D eigenvalue weighted by Gasteiger charge is 2.45. The van der Waals surface area contributed by atoms with Gasteiger partial charge in [-0.05, 0) is 32.6 Å². The molecule has 0 spiro atoms. The molecule has 0 aromatic heterocycles. The maximum Gasteiger partial charge on any atom is 0.407 e. The van der Waals surface area contributed by atoms with E-state index in [0.29, 0.717) is 11.8 Å². The highest BCUT2D eigenvalue weighted by Crippen LogP contribution is 2.39. The van der Waals surface area contributed by atoms with Crippen LogP contribution in [0.4, 0.5) is 4.79 Å². The van der Waals surface area contributed by atoms with Gasteiger partial charge in [0, 0.05) is 11.5 Å². The van der Waals surface area contributed by atoms with Crippen LogP contribution in [0.5, 0.6) is 0 Å². The molecule has 0 aromatic carbocycles. The molecule has 2 fully saturated rings. The van der Waals surface area contributed by atoms with Crippen LogP contribution in [-0.2, 0) is 4.74 Å². The molecule has 0 unspecified atom stereocenters. The topological polar surface area (TPSA) is 38.3 Å². The zero-order valence-electron chi connectivity index (χ0n) is 9.17. The van der Waals surface area contributed by atoms with Gasteiger partial charge in [-0.3, -0.25) is 0 Å². The molecule has 1 aliphatic carbocycles. The van der Waals surface area contributed by atoms with Gasteiger partial charge in [0.2, 0.25) is 0 Å². The van der Waals surface area contributed by atoms with E-state index < -0.39 is 0 Å². The number of carbonyl (C=O) groups is 1. The van der Waals surface area contributed by atoms with Crippen molar-refractivity contribution in [2.24, 2.45) is 11.8 Å². The Bertz CT molecular complexity index is 250. The van der Waals surface area contributed by atoms with Crippen molar-refractivity contribution in [2.75, 3.05) is 0 Å². The standard InChI is InChI=1S/C11H19NO2/c1-7-4-5-8-9(6-7)14-10(13)12-11(8,2)3/h7-9H,4-6H2,1-3H3,(H,12,13)/t7-,8-,9-/m1/s1. The summed E-state index contributed by atoms with van der Waals surface area (Å²) >= 11 is 0. The van der Waals surface area contributed by atoms with Crippen LogP contribution in [0.1, 0.15) is 40.0 Å². The number of fused-ring (bicyclic) bond motifs is 1. The van der Waals surface area contributed by atoms with E-state index in [4.69, 9.17) is 4.74 Å². The third kappa shape index (κ3) is 1.60. The molecule has 0 radical (unpaired) electrons. The van der Waals surface area contributed by atoms with Crippen molar-refractivity contribution in [2.45, 2.75) is 51.7 Å². The Morgan fingerprint density at radius 2 is 2.14 bits per heavy atom. The predicted molar refractivity (Wildman–Crippen MR) is 54.0 cm³/mol. The minimum atomic E-state index is -0.245. The predicted octanol–water partition coefficient (Wildman–Crippen LogP) is 2.31. The molecule has 14 heavy (non-hydrogen) atoms. The Labute approximate surface area is 85.2 Å². The minimum Gasteiger partial charge on any atom is -0.446 e. The van der Waals surface area contributed by atoms with Gasteiger partial charge >= 0.3 is 6.09 Å². The number of amides is 1. The molecule has 0 aromatic rings. The summed E-state index contributed by atoms with van der Waals surface area (Å²) in [6.07, 6.45) is 3.35. The Balaban J connectivity index is 2.16. The molecule has 1 saturated carbocycles. The van der Waals surface area contributed by atoms with Gasteiger partial charge in [0.05, 0.1) is 0 Å². The second-order valence-corrected chi connectivity index (χ2v) is 5.32. The van der Waals surface area contributed by atoms with Crippen molar-refractivity contribution in [3.63, 3.8) is 0 Å². The summed E-state index contributed by atoms with van der Waals surface area (Å²) < 4.78 is 5.35. The summed E-state index contributed by atoms with van der Waals surface area (Å²) in [5.74, 6) is 1.18. The van der Waals surface area contributed by atoms with Crippen LogP contribution in [0.2, 0.25) is 0 Å². The van der Waals surface area contributed by atoms with Crippen molar-refractivity contribution in [3.05, 3.63) is 0 Å². The number of hydrogen-bond donors (Lipinski definition) is 1. The van der Waals surface area contributed by atoms with Crippen LogP contribution in [-0.4, -0.2) is 17.7 Å². The first-order valence-corrected chi connectivity index (χ1v) is 5.48. The molecule has 3 nitrogen and oxygen atoms in total. The summed E-state index contributed by atoms with van der Waals surface area (Å²) in [5, 5.41) is 2.91. The maximum absolute atomic E-state index is 11.3. The minimum absolute atomic E-state index is 0.0971. The molecular weight excluding hydrogens is 178 g/mol. The van der Waals surface area contributed by atoms with Gasteiger partial charge in [0.25, 0.3) is 0 Å². The molecule has 3 heteroatoms. The van der Waals surface area contributed by atoms with E-state index in [1.54, 1.807) is 0 Å². The average molecular weight is 197 g/mol. The summed E-state index contributed by atoms with van der Waals surface area (Å²) in [6.45, 7) is 6.43. The highest BCUT2D eigenvalue weighted by molar-refractivity contribution is 5.69. The lowest BCUT2D eigenvalue weighted by molar-refractivity contribution is -0.0416. The fraction of sp³-hybridized carbons (Fsp3) is 0.909. The van der Waals surface area contributed by atoms with Gasteiger partial charge < -0.3 is 10.1 Å². The lowest BCUT2D eigenvalue weighted by atomic mass is 9.71. The van der Waals surface area contributed by atoms with Crippen molar-refractivity contribution < 1.29 is 9.53 Å². The van der Waals surface area contributed by atoms with E-state index in [1.165, 1.54) is 12.8 Å². The zero-order valence-corrected chi connectivity index (χ0v) is 9.17. The van der Waals surface area contributed by atoms with Crippen molar-refractivity contribution in [3.8, 4) is 0 Å². The second kappa shape index (κ2) is 3.14. The number of ether oxygens (including phenoxy) is 1. The lowest BCUT2D eigenvalue weighted by Crippen LogP contribution is -2.60. The van der Waals surface area contributed by atoms with Crippen LogP contribution in [0, 0.1) is 11.8 Å². The second-order valence-electron chi connectivity index (χ2n) is 5.32. The summed E-state index contributed by atoms with van der Waals surface area (Å²) in [5.41, 5.74) is -0.0971. The molecule has 0 bridgehead atoms. The molecule has 1 saturated heterocycles. The molecule has 1 heterocycles. The highest BCUT2D eigenvalue weighted by atomic mass is 16.6. The van der Waals surface area contributed by atoms with Gasteiger partial charge in [0.1, 0.15) is 6.10 Å². The maximum atomic E-state index is 11.3. The number of carbonyl (C=O) groups excluding carboxylic acids is 1. The Hall–Kier alpha value is -0.730. The van der Waals surface area contributed by atoms with E-state index >= 15 is 0 Å². The van der Waals surface area contributed by atoms with Crippen LogP contribution in [0.15, 0.2) is 0 Å². The Kier molecular flexibility index (Phi) is 2.20. The van der Waals surface area contributed by atoms with Gasteiger partial charge in [-0.15, -0.1) is 0 Å². The first kappa shape index (κ1) is 9.81. The Morgan fingerprint density at radius 1 is 1.43 bits per heavy atom. The van der Waals surface area contributed by atoms with Gasteiger partial charge in [-0.2, -0.15) is 0 Å². The lowest BCUT2D eigenvalue weighted by Gasteiger charge is -2.47. The van der Waals surface area contributed by atoms with E-state index in [2.05, 4.69) is 26.1 Å². The van der Waals surface area contributed by atoms with Crippen LogP contribution in [0.25, 0.3) is 0 Å². The quantitative estimate of drug-likeness (QED) is 0.647. The van der Waals surface area contributed by atoms with E-state index in [0.717, 1.165) is 6.42 Å². The normalized spacial score (nSPS) is 40.8. The number of hydrogen-bond acceptors (Lipinski definition) is 2. The molecule has 1 aliphatic heterocycles. The van der Waals surface area contributed by atoms with Gasteiger partial charge in [0.15, 0.2) is 0 Å². The number of nitrogens with one attached hydrogen (secondary N) is 1. The largest absolute Gasteiger partial charge is 0.446 e. The molecular formula is C11H19NO2. The van der Waals surface area contributed by atoms with Crippen molar-refractivity contribution in [1.82, 2.24) is 5.32 Å². The zero-order chi connectivity index (χ0) is 10.3. The number of alkyl carbamates (subject to hydrolysis) is 1. The molecule has 1 N–H and O–H groups in total. The fourth-order valence-corrected chi connectivity index (χ4v) is 2.81. The fourth-order valence-electron chi connectivity index (χ4n) is 2.81. The molecule has 3 atom stereocenters. The van der Waals surface area contributed by atoms with Gasteiger partial charge in [-0.1, -0.05) is 13.3 Å². The summed E-state index contributed by atoms with van der Waals surface area (Å²) in [4.78, 5) is 11.3. The monoisotopic (exact) mass is 197 g/mol. The summed E-state index contributed by atoms with van der Waals surface area (Å²) in [7, 11) is 0. The first-order chi connectivity index (χ1) is 6.49. The smallest absolute Gasteiger partial charge is 0.407 e. The SMILES string of the molecule is C[C@@H]1CC[C@@H]2[C@@H](C1)OC(=O)NC2(C)C. The summed E-state index contributed by atoms with van der Waals surface area (Å²) in [6, 6.07) is 0. The van der Waals surface area contributed by atoms with Crippen LogP contribution in [0.3, 0.4) is 0 Å². The first-order valence-electron chi connectivity index (χ1n) is 5.48. The molecule has 2 aliphatic rings.